The Balaban J connectivity index is 2.00. The van der Waals surface area contributed by atoms with E-state index in [9.17, 15) is 22.8 Å². The van der Waals surface area contributed by atoms with Crippen molar-refractivity contribution in [3.63, 3.8) is 0 Å². The van der Waals surface area contributed by atoms with Gasteiger partial charge in [0.2, 0.25) is 5.91 Å². The second-order valence-corrected chi connectivity index (χ2v) is 6.30. The Morgan fingerprint density at radius 2 is 2.16 bits per heavy atom. The molecular weight excluding hydrogens is 359 g/mol. The van der Waals surface area contributed by atoms with Crippen LogP contribution in [0, 0.1) is 0 Å². The molecule has 10 heteroatoms. The third-order valence-electron chi connectivity index (χ3n) is 3.63. The van der Waals surface area contributed by atoms with Gasteiger partial charge in [0.05, 0.1) is 12.4 Å². The molecule has 1 amide bonds. The van der Waals surface area contributed by atoms with Crippen LogP contribution in [0.3, 0.4) is 0 Å². The molecule has 0 N–H and O–H groups in total. The third kappa shape index (κ3) is 5.32. The summed E-state index contributed by atoms with van der Waals surface area (Å²) in [6, 6.07) is 0.136. The van der Waals surface area contributed by atoms with E-state index in [-0.39, 0.29) is 23.4 Å². The van der Waals surface area contributed by atoms with E-state index in [4.69, 9.17) is 4.74 Å². The summed E-state index contributed by atoms with van der Waals surface area (Å²) in [6.45, 7) is 2.34. The van der Waals surface area contributed by atoms with Crippen molar-refractivity contribution in [2.75, 3.05) is 18.9 Å². The maximum Gasteiger partial charge on any atom is 0.433 e. The first-order valence-corrected chi connectivity index (χ1v) is 8.80. The van der Waals surface area contributed by atoms with Crippen molar-refractivity contribution in [2.24, 2.45) is 0 Å². The molecule has 25 heavy (non-hydrogen) atoms. The molecule has 2 rings (SSSR count). The minimum Gasteiger partial charge on any atom is -0.464 e. The summed E-state index contributed by atoms with van der Waals surface area (Å²) in [7, 11) is 0. The van der Waals surface area contributed by atoms with Crippen LogP contribution >= 0.6 is 11.8 Å². The van der Waals surface area contributed by atoms with E-state index in [0.717, 1.165) is 36.9 Å². The molecule has 1 aromatic rings. The van der Waals surface area contributed by atoms with Gasteiger partial charge in [-0.25, -0.2) is 14.8 Å². The van der Waals surface area contributed by atoms with Gasteiger partial charge < -0.3 is 9.64 Å². The number of amides is 1. The molecule has 1 saturated heterocycles. The van der Waals surface area contributed by atoms with Crippen LogP contribution in [0.25, 0.3) is 0 Å². The van der Waals surface area contributed by atoms with Crippen LogP contribution in [0.5, 0.6) is 0 Å². The number of halogens is 3. The van der Waals surface area contributed by atoms with Crippen molar-refractivity contribution in [3.8, 4) is 0 Å². The number of nitrogens with zero attached hydrogens (tertiary/aromatic N) is 3. The quantitative estimate of drug-likeness (QED) is 0.446. The van der Waals surface area contributed by atoms with Crippen molar-refractivity contribution in [1.82, 2.24) is 14.9 Å². The van der Waals surface area contributed by atoms with E-state index in [1.807, 2.05) is 0 Å². The Morgan fingerprint density at radius 1 is 1.40 bits per heavy atom. The van der Waals surface area contributed by atoms with Crippen molar-refractivity contribution in [2.45, 2.75) is 43.6 Å². The standard InChI is InChI=1S/C15H18F3N3O3S/c1-2-24-13(23)10-5-3-4-8-21(10)12(22)9-25-14-19-7-6-11(20-14)15(16,17)18/h6-7,10H,2-5,8-9H2,1H3. The molecule has 1 atom stereocenters. The molecule has 0 radical (unpaired) electrons. The fourth-order valence-corrected chi connectivity index (χ4v) is 3.21. The van der Waals surface area contributed by atoms with Crippen LogP contribution in [-0.4, -0.2) is 51.7 Å². The zero-order valence-electron chi connectivity index (χ0n) is 13.6. The monoisotopic (exact) mass is 377 g/mol. The highest BCUT2D eigenvalue weighted by Crippen LogP contribution is 2.28. The molecule has 0 aliphatic carbocycles. The van der Waals surface area contributed by atoms with Crippen LogP contribution in [0.15, 0.2) is 17.4 Å². The van der Waals surface area contributed by atoms with E-state index < -0.39 is 23.9 Å². The smallest absolute Gasteiger partial charge is 0.433 e. The molecule has 2 heterocycles. The Labute approximate surface area is 147 Å². The fraction of sp³-hybridized carbons (Fsp3) is 0.600. The van der Waals surface area contributed by atoms with Crippen LogP contribution in [0.4, 0.5) is 13.2 Å². The van der Waals surface area contributed by atoms with Gasteiger partial charge in [-0.15, -0.1) is 0 Å². The summed E-state index contributed by atoms with van der Waals surface area (Å²) in [5, 5.41) is -0.132. The predicted molar refractivity (Wildman–Crippen MR) is 83.7 cm³/mol. The highest BCUT2D eigenvalue weighted by Gasteiger charge is 2.34. The normalized spacial score (nSPS) is 18.1. The summed E-state index contributed by atoms with van der Waals surface area (Å²) in [5.41, 5.74) is -1.06. The van der Waals surface area contributed by atoms with Crippen molar-refractivity contribution < 1.29 is 27.5 Å². The van der Waals surface area contributed by atoms with Gasteiger partial charge in [-0.1, -0.05) is 11.8 Å². The topological polar surface area (TPSA) is 72.4 Å². The lowest BCUT2D eigenvalue weighted by Crippen LogP contribution is -2.49. The van der Waals surface area contributed by atoms with Gasteiger partial charge >= 0.3 is 12.1 Å². The van der Waals surface area contributed by atoms with Crippen molar-refractivity contribution in [1.29, 1.82) is 0 Å². The second kappa shape index (κ2) is 8.50. The van der Waals surface area contributed by atoms with Gasteiger partial charge in [-0.05, 0) is 32.3 Å². The van der Waals surface area contributed by atoms with Gasteiger partial charge in [-0.2, -0.15) is 13.2 Å². The number of piperidine rings is 1. The number of ether oxygens (including phenoxy) is 1. The Bertz CT molecular complexity index is 628. The van der Waals surface area contributed by atoms with E-state index in [2.05, 4.69) is 9.97 Å². The van der Waals surface area contributed by atoms with E-state index >= 15 is 0 Å². The molecule has 1 fully saturated rings. The number of hydrogen-bond donors (Lipinski definition) is 0. The first-order chi connectivity index (χ1) is 11.8. The first kappa shape index (κ1) is 19.5. The summed E-state index contributed by atoms with van der Waals surface area (Å²) in [5.74, 6) is -0.934. The van der Waals surface area contributed by atoms with Gasteiger partial charge in [-0.3, -0.25) is 4.79 Å². The van der Waals surface area contributed by atoms with Crippen LogP contribution in [0.1, 0.15) is 31.9 Å². The van der Waals surface area contributed by atoms with Crippen LogP contribution in [-0.2, 0) is 20.5 Å². The first-order valence-electron chi connectivity index (χ1n) is 7.82. The number of aromatic nitrogens is 2. The molecule has 1 unspecified atom stereocenters. The van der Waals surface area contributed by atoms with Gasteiger partial charge in [0.25, 0.3) is 0 Å². The van der Waals surface area contributed by atoms with Crippen LogP contribution < -0.4 is 0 Å². The summed E-state index contributed by atoms with van der Waals surface area (Å²) in [4.78, 5) is 32.9. The molecule has 0 spiro atoms. The number of hydrogen-bond acceptors (Lipinski definition) is 6. The third-order valence-corrected chi connectivity index (χ3v) is 4.48. The average molecular weight is 377 g/mol. The van der Waals surface area contributed by atoms with Gasteiger partial charge in [0.1, 0.15) is 11.7 Å². The van der Waals surface area contributed by atoms with Crippen molar-refractivity contribution >= 4 is 23.6 Å². The molecule has 6 nitrogen and oxygen atoms in total. The number of esters is 1. The fourth-order valence-electron chi connectivity index (χ4n) is 2.49. The zero-order valence-corrected chi connectivity index (χ0v) is 14.4. The van der Waals surface area contributed by atoms with Gasteiger partial charge in [0, 0.05) is 12.7 Å². The Kier molecular flexibility index (Phi) is 6.63. The lowest BCUT2D eigenvalue weighted by atomic mass is 10.0. The minimum atomic E-state index is -4.57. The van der Waals surface area contributed by atoms with Gasteiger partial charge in [0.15, 0.2) is 5.16 Å². The number of carbonyl (C=O) groups excluding carboxylic acids is 2. The number of thioether (sulfide) groups is 1. The number of alkyl halides is 3. The molecule has 0 saturated carbocycles. The SMILES string of the molecule is CCOC(=O)C1CCCCN1C(=O)CSc1nccc(C(F)(F)F)n1. The molecule has 138 valence electrons. The largest absolute Gasteiger partial charge is 0.464 e. The maximum absolute atomic E-state index is 12.6. The average Bonchev–Trinajstić information content (AvgIpc) is 2.59. The Hall–Kier alpha value is -1.84. The highest BCUT2D eigenvalue weighted by atomic mass is 32.2. The number of carbonyl (C=O) groups is 2. The second-order valence-electron chi connectivity index (χ2n) is 5.36. The van der Waals surface area contributed by atoms with Crippen LogP contribution in [0.2, 0.25) is 0 Å². The predicted octanol–water partition coefficient (Wildman–Crippen LogP) is 2.53. The lowest BCUT2D eigenvalue weighted by molar-refractivity contribution is -0.155. The molecular formula is C15H18F3N3O3S. The van der Waals surface area contributed by atoms with E-state index in [1.54, 1.807) is 6.92 Å². The highest BCUT2D eigenvalue weighted by molar-refractivity contribution is 7.99. The zero-order chi connectivity index (χ0) is 18.4. The molecule has 1 aliphatic rings. The minimum absolute atomic E-state index is 0.132. The summed E-state index contributed by atoms with van der Waals surface area (Å²) in [6.07, 6.45) is -1.45. The maximum atomic E-state index is 12.6. The Morgan fingerprint density at radius 3 is 2.84 bits per heavy atom. The molecule has 0 bridgehead atoms. The number of rotatable bonds is 5. The van der Waals surface area contributed by atoms with Crippen molar-refractivity contribution in [3.05, 3.63) is 18.0 Å². The molecule has 0 aromatic carbocycles. The lowest BCUT2D eigenvalue weighted by Gasteiger charge is -2.33. The number of likely N-dealkylation sites (tertiary alicyclic amines) is 1. The summed E-state index contributed by atoms with van der Waals surface area (Å²) < 4.78 is 42.9. The molecule has 1 aliphatic heterocycles. The summed E-state index contributed by atoms with van der Waals surface area (Å²) >= 11 is 0.814. The molecule has 1 aromatic heterocycles. The van der Waals surface area contributed by atoms with E-state index in [0.29, 0.717) is 13.0 Å². The van der Waals surface area contributed by atoms with E-state index in [1.165, 1.54) is 4.90 Å².